The SMILES string of the molecule is CC1CNCC(C(=O)N(C)CC(F)(F)F)C1. The Bertz CT molecular complexity index is 255. The molecule has 0 spiro atoms. The van der Waals surface area contributed by atoms with E-state index in [9.17, 15) is 18.0 Å². The molecule has 1 aliphatic rings. The van der Waals surface area contributed by atoms with E-state index in [0.717, 1.165) is 11.4 Å². The highest BCUT2D eigenvalue weighted by Gasteiger charge is 2.34. The first-order valence-electron chi connectivity index (χ1n) is 5.32. The summed E-state index contributed by atoms with van der Waals surface area (Å²) in [5, 5.41) is 3.05. The number of piperidine rings is 1. The Morgan fingerprint density at radius 1 is 1.44 bits per heavy atom. The molecule has 0 aliphatic carbocycles. The van der Waals surface area contributed by atoms with Gasteiger partial charge in [-0.25, -0.2) is 0 Å². The minimum atomic E-state index is -4.32. The topological polar surface area (TPSA) is 32.3 Å². The van der Waals surface area contributed by atoms with Crippen molar-refractivity contribution < 1.29 is 18.0 Å². The number of hydrogen-bond donors (Lipinski definition) is 1. The van der Waals surface area contributed by atoms with Crippen LogP contribution in [0.1, 0.15) is 13.3 Å². The van der Waals surface area contributed by atoms with Gasteiger partial charge in [0.25, 0.3) is 0 Å². The van der Waals surface area contributed by atoms with E-state index in [1.165, 1.54) is 7.05 Å². The van der Waals surface area contributed by atoms with Gasteiger partial charge in [-0.15, -0.1) is 0 Å². The number of halogens is 3. The van der Waals surface area contributed by atoms with Gasteiger partial charge in [0.15, 0.2) is 0 Å². The van der Waals surface area contributed by atoms with Gasteiger partial charge >= 0.3 is 6.18 Å². The summed E-state index contributed by atoms with van der Waals surface area (Å²) in [7, 11) is 1.20. The highest BCUT2D eigenvalue weighted by atomic mass is 19.4. The fourth-order valence-corrected chi connectivity index (χ4v) is 2.00. The standard InChI is InChI=1S/C10H17F3N2O/c1-7-3-8(5-14-4-7)9(16)15(2)6-10(11,12)13/h7-8,14H,3-6H2,1-2H3. The van der Waals surface area contributed by atoms with Crippen LogP contribution in [0.25, 0.3) is 0 Å². The number of alkyl halides is 3. The monoisotopic (exact) mass is 238 g/mol. The number of carbonyl (C=O) groups is 1. The molecule has 1 rings (SSSR count). The van der Waals surface area contributed by atoms with Crippen molar-refractivity contribution in [1.29, 1.82) is 0 Å². The van der Waals surface area contributed by atoms with E-state index in [-0.39, 0.29) is 5.92 Å². The van der Waals surface area contributed by atoms with Crippen LogP contribution in [-0.4, -0.2) is 43.7 Å². The molecule has 1 aliphatic heterocycles. The fourth-order valence-electron chi connectivity index (χ4n) is 2.00. The smallest absolute Gasteiger partial charge is 0.336 e. The Labute approximate surface area is 93.0 Å². The second-order valence-corrected chi connectivity index (χ2v) is 4.51. The fraction of sp³-hybridized carbons (Fsp3) is 0.900. The summed E-state index contributed by atoms with van der Waals surface area (Å²) < 4.78 is 36.3. The zero-order valence-corrected chi connectivity index (χ0v) is 9.47. The van der Waals surface area contributed by atoms with Crippen molar-refractivity contribution in [3.63, 3.8) is 0 Å². The lowest BCUT2D eigenvalue weighted by Crippen LogP contribution is -2.46. The van der Waals surface area contributed by atoms with Crippen LogP contribution in [0.5, 0.6) is 0 Å². The zero-order valence-electron chi connectivity index (χ0n) is 9.47. The van der Waals surface area contributed by atoms with Crippen molar-refractivity contribution in [1.82, 2.24) is 10.2 Å². The van der Waals surface area contributed by atoms with Crippen molar-refractivity contribution in [3.05, 3.63) is 0 Å². The van der Waals surface area contributed by atoms with Gasteiger partial charge in [-0.1, -0.05) is 6.92 Å². The first-order valence-corrected chi connectivity index (χ1v) is 5.32. The van der Waals surface area contributed by atoms with E-state index < -0.39 is 18.6 Å². The van der Waals surface area contributed by atoms with Crippen molar-refractivity contribution in [2.75, 3.05) is 26.7 Å². The van der Waals surface area contributed by atoms with Crippen molar-refractivity contribution in [2.24, 2.45) is 11.8 Å². The van der Waals surface area contributed by atoms with Crippen LogP contribution in [0.4, 0.5) is 13.2 Å². The summed E-state index contributed by atoms with van der Waals surface area (Å²) in [6.07, 6.45) is -3.66. The third-order valence-electron chi connectivity index (χ3n) is 2.71. The minimum Gasteiger partial charge on any atom is -0.336 e. The first-order chi connectivity index (χ1) is 7.29. The molecule has 2 atom stereocenters. The largest absolute Gasteiger partial charge is 0.406 e. The van der Waals surface area contributed by atoms with Crippen LogP contribution < -0.4 is 5.32 Å². The summed E-state index contributed by atoms with van der Waals surface area (Å²) >= 11 is 0. The van der Waals surface area contributed by atoms with Gasteiger partial charge in [0, 0.05) is 13.6 Å². The molecule has 0 aromatic carbocycles. The summed E-state index contributed by atoms with van der Waals surface area (Å²) in [6, 6.07) is 0. The van der Waals surface area contributed by atoms with Gasteiger partial charge in [-0.05, 0) is 18.9 Å². The maximum atomic E-state index is 12.1. The predicted octanol–water partition coefficient (Wildman–Crippen LogP) is 1.25. The predicted molar refractivity (Wildman–Crippen MR) is 53.8 cm³/mol. The Balaban J connectivity index is 2.49. The van der Waals surface area contributed by atoms with Crippen molar-refractivity contribution in [3.8, 4) is 0 Å². The highest BCUT2D eigenvalue weighted by molar-refractivity contribution is 5.79. The second-order valence-electron chi connectivity index (χ2n) is 4.51. The van der Waals surface area contributed by atoms with Gasteiger partial charge in [0.1, 0.15) is 6.54 Å². The van der Waals surface area contributed by atoms with Crippen LogP contribution in [-0.2, 0) is 4.79 Å². The van der Waals surface area contributed by atoms with Gasteiger partial charge in [0.05, 0.1) is 5.92 Å². The molecule has 0 aromatic heterocycles. The molecule has 0 aromatic rings. The van der Waals surface area contributed by atoms with Gasteiger partial charge in [-0.2, -0.15) is 13.2 Å². The van der Waals surface area contributed by atoms with Crippen LogP contribution in [0.3, 0.4) is 0 Å². The molecule has 0 radical (unpaired) electrons. The lowest BCUT2D eigenvalue weighted by Gasteiger charge is -2.30. The Morgan fingerprint density at radius 3 is 2.56 bits per heavy atom. The van der Waals surface area contributed by atoms with Crippen LogP contribution >= 0.6 is 0 Å². The Hall–Kier alpha value is -0.780. The Morgan fingerprint density at radius 2 is 2.06 bits per heavy atom. The molecule has 1 saturated heterocycles. The summed E-state index contributed by atoms with van der Waals surface area (Å²) in [5.74, 6) is -0.408. The summed E-state index contributed by atoms with van der Waals surface area (Å²) in [6.45, 7) is 2.12. The molecule has 0 saturated carbocycles. The molecule has 1 fully saturated rings. The summed E-state index contributed by atoms with van der Waals surface area (Å²) in [4.78, 5) is 12.5. The van der Waals surface area contributed by atoms with E-state index in [4.69, 9.17) is 0 Å². The van der Waals surface area contributed by atoms with Crippen molar-refractivity contribution in [2.45, 2.75) is 19.5 Å². The van der Waals surface area contributed by atoms with E-state index >= 15 is 0 Å². The molecule has 0 bridgehead atoms. The van der Waals surface area contributed by atoms with E-state index in [1.54, 1.807) is 0 Å². The number of amides is 1. The average Bonchev–Trinajstić information content (AvgIpc) is 2.14. The van der Waals surface area contributed by atoms with Gasteiger partial charge in [-0.3, -0.25) is 4.79 Å². The molecule has 1 heterocycles. The molecular weight excluding hydrogens is 221 g/mol. The third-order valence-corrected chi connectivity index (χ3v) is 2.71. The van der Waals surface area contributed by atoms with E-state index in [1.807, 2.05) is 6.92 Å². The Kier molecular flexibility index (Phi) is 4.18. The lowest BCUT2D eigenvalue weighted by atomic mass is 9.91. The number of carbonyl (C=O) groups excluding carboxylic acids is 1. The van der Waals surface area contributed by atoms with Crippen LogP contribution in [0, 0.1) is 11.8 Å². The molecule has 1 amide bonds. The lowest BCUT2D eigenvalue weighted by molar-refractivity contribution is -0.161. The highest BCUT2D eigenvalue weighted by Crippen LogP contribution is 2.20. The third kappa shape index (κ3) is 4.00. The molecule has 1 N–H and O–H groups in total. The molecule has 3 nitrogen and oxygen atoms in total. The van der Waals surface area contributed by atoms with E-state index in [2.05, 4.69) is 5.32 Å². The average molecular weight is 238 g/mol. The number of nitrogens with one attached hydrogen (secondary N) is 1. The van der Waals surface area contributed by atoms with Crippen molar-refractivity contribution >= 4 is 5.91 Å². The quantitative estimate of drug-likeness (QED) is 0.785. The maximum Gasteiger partial charge on any atom is 0.406 e. The first kappa shape index (κ1) is 13.3. The molecule has 6 heteroatoms. The molecule has 16 heavy (non-hydrogen) atoms. The number of nitrogens with zero attached hydrogens (tertiary/aromatic N) is 1. The second kappa shape index (κ2) is 5.03. The molecule has 2 unspecified atom stereocenters. The summed E-state index contributed by atoms with van der Waals surface area (Å²) in [5.41, 5.74) is 0. The van der Waals surface area contributed by atoms with E-state index in [0.29, 0.717) is 18.9 Å². The molecular formula is C10H17F3N2O. The zero-order chi connectivity index (χ0) is 12.3. The van der Waals surface area contributed by atoms with Gasteiger partial charge in [0.2, 0.25) is 5.91 Å². The normalized spacial score (nSPS) is 26.6. The minimum absolute atomic E-state index is 0.323. The van der Waals surface area contributed by atoms with Crippen LogP contribution in [0.15, 0.2) is 0 Å². The van der Waals surface area contributed by atoms with Crippen LogP contribution in [0.2, 0.25) is 0 Å². The number of rotatable bonds is 2. The maximum absolute atomic E-state index is 12.1. The number of hydrogen-bond acceptors (Lipinski definition) is 2. The molecule has 94 valence electrons. The van der Waals surface area contributed by atoms with Gasteiger partial charge < -0.3 is 10.2 Å².